The highest BCUT2D eigenvalue weighted by molar-refractivity contribution is 8.04. The highest BCUT2D eigenvalue weighted by atomic mass is 32.2. The zero-order chi connectivity index (χ0) is 22.8. The molecule has 0 bridgehead atoms. The normalized spacial score (nSPS) is 15.5. The van der Waals surface area contributed by atoms with Crippen molar-refractivity contribution in [1.29, 1.82) is 0 Å². The number of thioether (sulfide) groups is 1. The first kappa shape index (κ1) is 21.2. The van der Waals surface area contributed by atoms with Crippen LogP contribution in [0.1, 0.15) is 16.7 Å². The summed E-state index contributed by atoms with van der Waals surface area (Å²) in [5, 5.41) is 2.90. The SMILES string of the molecule is Cc1ccc(C=C2Sc3ccccc3N(CC(=O)NCc3ccc4c(c3)OCO4)C2=O)cc1. The molecule has 0 saturated carbocycles. The number of hydrogen-bond acceptors (Lipinski definition) is 5. The van der Waals surface area contributed by atoms with Crippen LogP contribution in [0.2, 0.25) is 0 Å². The fraction of sp³-hybridized carbons (Fsp3) is 0.154. The van der Waals surface area contributed by atoms with Gasteiger partial charge in [0.1, 0.15) is 6.54 Å². The molecule has 0 spiro atoms. The predicted octanol–water partition coefficient (Wildman–Crippen LogP) is 4.52. The van der Waals surface area contributed by atoms with Gasteiger partial charge in [-0.1, -0.05) is 59.8 Å². The number of hydrogen-bond donors (Lipinski definition) is 1. The summed E-state index contributed by atoms with van der Waals surface area (Å²) in [6.45, 7) is 2.50. The number of carbonyl (C=O) groups is 2. The van der Waals surface area contributed by atoms with Crippen LogP contribution in [0.3, 0.4) is 0 Å². The maximum atomic E-state index is 13.3. The molecule has 5 rings (SSSR count). The lowest BCUT2D eigenvalue weighted by atomic mass is 10.1. The molecule has 2 amide bonds. The quantitative estimate of drug-likeness (QED) is 0.570. The number of nitrogens with zero attached hydrogens (tertiary/aromatic N) is 1. The van der Waals surface area contributed by atoms with Crippen LogP contribution in [0.5, 0.6) is 11.5 Å². The van der Waals surface area contributed by atoms with Crippen molar-refractivity contribution >= 4 is 35.3 Å². The summed E-state index contributed by atoms with van der Waals surface area (Å²) in [4.78, 5) is 29.2. The van der Waals surface area contributed by atoms with Crippen molar-refractivity contribution in [2.45, 2.75) is 18.4 Å². The predicted molar refractivity (Wildman–Crippen MR) is 128 cm³/mol. The number of anilines is 1. The first-order valence-corrected chi connectivity index (χ1v) is 11.4. The van der Waals surface area contributed by atoms with Crippen LogP contribution in [-0.4, -0.2) is 25.2 Å². The lowest BCUT2D eigenvalue weighted by Gasteiger charge is -2.29. The molecule has 7 heteroatoms. The second-order valence-corrected chi connectivity index (χ2v) is 8.93. The van der Waals surface area contributed by atoms with Crippen LogP contribution < -0.4 is 19.7 Å². The molecule has 166 valence electrons. The topological polar surface area (TPSA) is 67.9 Å². The van der Waals surface area contributed by atoms with Crippen LogP contribution in [-0.2, 0) is 16.1 Å². The number of carbonyl (C=O) groups excluding carboxylic acids is 2. The van der Waals surface area contributed by atoms with Crippen molar-refractivity contribution in [1.82, 2.24) is 5.32 Å². The Hall–Kier alpha value is -3.71. The van der Waals surface area contributed by atoms with Crippen LogP contribution in [0.25, 0.3) is 6.08 Å². The molecule has 3 aromatic carbocycles. The van der Waals surface area contributed by atoms with Crippen molar-refractivity contribution < 1.29 is 19.1 Å². The van der Waals surface area contributed by atoms with Crippen LogP contribution in [0.15, 0.2) is 76.5 Å². The van der Waals surface area contributed by atoms with Gasteiger partial charge in [-0.05, 0) is 48.4 Å². The fourth-order valence-electron chi connectivity index (χ4n) is 3.68. The van der Waals surface area contributed by atoms with E-state index < -0.39 is 0 Å². The van der Waals surface area contributed by atoms with E-state index in [-0.39, 0.29) is 25.2 Å². The summed E-state index contributed by atoms with van der Waals surface area (Å²) in [5.41, 5.74) is 3.74. The molecule has 0 unspecified atom stereocenters. The van der Waals surface area contributed by atoms with E-state index in [9.17, 15) is 9.59 Å². The molecule has 0 aliphatic carbocycles. The first-order chi connectivity index (χ1) is 16.1. The molecule has 6 nitrogen and oxygen atoms in total. The maximum absolute atomic E-state index is 13.3. The molecule has 2 aliphatic heterocycles. The minimum absolute atomic E-state index is 0.0633. The summed E-state index contributed by atoms with van der Waals surface area (Å²) in [6.07, 6.45) is 1.87. The number of fused-ring (bicyclic) bond motifs is 2. The number of rotatable bonds is 5. The molecule has 0 saturated heterocycles. The average molecular weight is 459 g/mol. The van der Waals surface area contributed by atoms with E-state index in [1.54, 1.807) is 4.90 Å². The molecule has 3 aromatic rings. The minimum atomic E-state index is -0.239. The van der Waals surface area contributed by atoms with Gasteiger partial charge in [0.2, 0.25) is 12.7 Å². The fourth-order valence-corrected chi connectivity index (χ4v) is 4.74. The van der Waals surface area contributed by atoms with Crippen molar-refractivity contribution in [3.05, 3.63) is 88.3 Å². The van der Waals surface area contributed by atoms with Gasteiger partial charge in [-0.3, -0.25) is 14.5 Å². The van der Waals surface area contributed by atoms with Gasteiger partial charge in [-0.15, -0.1) is 0 Å². The van der Waals surface area contributed by atoms with Crippen molar-refractivity contribution in [2.75, 3.05) is 18.2 Å². The summed E-state index contributed by atoms with van der Waals surface area (Å²) in [6, 6.07) is 21.2. The van der Waals surface area contributed by atoms with E-state index in [4.69, 9.17) is 9.47 Å². The highest BCUT2D eigenvalue weighted by Crippen LogP contribution is 2.42. The Labute approximate surface area is 196 Å². The third-order valence-electron chi connectivity index (χ3n) is 5.44. The van der Waals surface area contributed by atoms with Gasteiger partial charge in [-0.25, -0.2) is 0 Å². The van der Waals surface area contributed by atoms with Crippen LogP contribution in [0.4, 0.5) is 5.69 Å². The van der Waals surface area contributed by atoms with Gasteiger partial charge in [-0.2, -0.15) is 0 Å². The number of amides is 2. The second kappa shape index (κ2) is 9.03. The van der Waals surface area contributed by atoms with E-state index in [0.717, 1.165) is 27.3 Å². The van der Waals surface area contributed by atoms with E-state index >= 15 is 0 Å². The number of para-hydroxylation sites is 1. The van der Waals surface area contributed by atoms with Gasteiger partial charge in [0.05, 0.1) is 10.6 Å². The lowest BCUT2D eigenvalue weighted by molar-refractivity contribution is -0.122. The third-order valence-corrected chi connectivity index (χ3v) is 6.51. The molecule has 2 heterocycles. The van der Waals surface area contributed by atoms with Gasteiger partial charge in [0, 0.05) is 11.4 Å². The Morgan fingerprint density at radius 1 is 1.06 bits per heavy atom. The molecular weight excluding hydrogens is 436 g/mol. The monoisotopic (exact) mass is 458 g/mol. The summed E-state index contributed by atoms with van der Waals surface area (Å²) >= 11 is 1.43. The lowest BCUT2D eigenvalue weighted by Crippen LogP contribution is -2.42. The van der Waals surface area contributed by atoms with Gasteiger partial charge in [0.25, 0.3) is 5.91 Å². The number of ether oxygens (including phenoxy) is 2. The van der Waals surface area contributed by atoms with Gasteiger partial charge >= 0.3 is 0 Å². The highest BCUT2D eigenvalue weighted by Gasteiger charge is 2.30. The Kier molecular flexibility index (Phi) is 5.79. The average Bonchev–Trinajstić information content (AvgIpc) is 3.30. The Bertz CT molecular complexity index is 1250. The van der Waals surface area contributed by atoms with Crippen molar-refractivity contribution in [3.63, 3.8) is 0 Å². The van der Waals surface area contributed by atoms with Crippen LogP contribution >= 0.6 is 11.8 Å². The molecule has 33 heavy (non-hydrogen) atoms. The molecule has 0 radical (unpaired) electrons. The number of benzene rings is 3. The molecule has 1 N–H and O–H groups in total. The van der Waals surface area contributed by atoms with E-state index in [0.29, 0.717) is 22.9 Å². The zero-order valence-corrected chi connectivity index (χ0v) is 18.9. The molecular formula is C26H22N2O4S. The smallest absolute Gasteiger partial charge is 0.265 e. The van der Waals surface area contributed by atoms with E-state index in [2.05, 4.69) is 5.32 Å². The standard InChI is InChI=1S/C26H22N2O4S/c1-17-6-8-18(9-7-17)13-24-26(30)28(20-4-2-3-5-23(20)33-24)15-25(29)27-14-19-10-11-21-22(12-19)32-16-31-21/h2-13H,14-16H2,1H3,(H,27,29). The third kappa shape index (κ3) is 4.59. The zero-order valence-electron chi connectivity index (χ0n) is 18.0. The Balaban J connectivity index is 1.33. The summed E-state index contributed by atoms with van der Waals surface area (Å²) < 4.78 is 10.7. The van der Waals surface area contributed by atoms with Crippen molar-refractivity contribution in [3.8, 4) is 11.5 Å². The second-order valence-electron chi connectivity index (χ2n) is 7.84. The van der Waals surface area contributed by atoms with Gasteiger partial charge in [0.15, 0.2) is 11.5 Å². The van der Waals surface area contributed by atoms with Crippen LogP contribution in [0, 0.1) is 6.92 Å². The largest absolute Gasteiger partial charge is 0.454 e. The number of aryl methyl sites for hydroxylation is 1. The first-order valence-electron chi connectivity index (χ1n) is 10.6. The maximum Gasteiger partial charge on any atom is 0.265 e. The van der Waals surface area contributed by atoms with Crippen molar-refractivity contribution in [2.24, 2.45) is 0 Å². The van der Waals surface area contributed by atoms with E-state index in [1.807, 2.05) is 79.7 Å². The Morgan fingerprint density at radius 3 is 2.70 bits per heavy atom. The number of nitrogens with one attached hydrogen (secondary N) is 1. The molecule has 0 atom stereocenters. The Morgan fingerprint density at radius 2 is 1.85 bits per heavy atom. The van der Waals surface area contributed by atoms with E-state index in [1.165, 1.54) is 11.8 Å². The molecule has 0 aromatic heterocycles. The molecule has 0 fully saturated rings. The summed E-state index contributed by atoms with van der Waals surface area (Å²) in [7, 11) is 0. The summed E-state index contributed by atoms with van der Waals surface area (Å²) in [5.74, 6) is 0.950. The minimum Gasteiger partial charge on any atom is -0.454 e. The molecule has 2 aliphatic rings. The van der Waals surface area contributed by atoms with Gasteiger partial charge < -0.3 is 14.8 Å².